The number of hydrogen-bond acceptors (Lipinski definition) is 4. The first-order valence-corrected chi connectivity index (χ1v) is 6.86. The second kappa shape index (κ2) is 5.14. The quantitative estimate of drug-likeness (QED) is 0.899. The van der Waals surface area contributed by atoms with E-state index in [0.29, 0.717) is 16.5 Å². The predicted octanol–water partition coefficient (Wildman–Crippen LogP) is 2.35. The van der Waals surface area contributed by atoms with Gasteiger partial charge in [0.1, 0.15) is 4.88 Å². The van der Waals surface area contributed by atoms with Gasteiger partial charge in [-0.3, -0.25) is 0 Å². The van der Waals surface area contributed by atoms with E-state index in [1.807, 2.05) is 0 Å². The fourth-order valence-electron chi connectivity index (χ4n) is 2.33. The number of carboxylic acids is 1. The zero-order valence-corrected chi connectivity index (χ0v) is 11.1. The molecule has 0 amide bonds. The van der Waals surface area contributed by atoms with Crippen LogP contribution in [0.3, 0.4) is 0 Å². The predicted molar refractivity (Wildman–Crippen MR) is 67.9 cm³/mol. The number of aryl methyl sites for hydroxylation is 1. The molecule has 5 heteroatoms. The minimum Gasteiger partial charge on any atom is -0.477 e. The summed E-state index contributed by atoms with van der Waals surface area (Å²) in [6.45, 7) is 7.18. The van der Waals surface area contributed by atoms with Crippen LogP contribution >= 0.6 is 11.3 Å². The van der Waals surface area contributed by atoms with Crippen LogP contribution in [0.1, 0.15) is 46.1 Å². The maximum absolute atomic E-state index is 11.0. The van der Waals surface area contributed by atoms with Crippen LogP contribution in [0.4, 0.5) is 0 Å². The van der Waals surface area contributed by atoms with Crippen molar-refractivity contribution in [3.63, 3.8) is 0 Å². The summed E-state index contributed by atoms with van der Waals surface area (Å²) in [6, 6.07) is 0. The molecule has 0 radical (unpaired) electrons. The zero-order chi connectivity index (χ0) is 12.4. The summed E-state index contributed by atoms with van der Waals surface area (Å²) in [7, 11) is 0. The van der Waals surface area contributed by atoms with Gasteiger partial charge in [0.2, 0.25) is 0 Å². The van der Waals surface area contributed by atoms with Gasteiger partial charge in [-0.1, -0.05) is 6.92 Å². The number of likely N-dealkylation sites (tertiary alicyclic amines) is 1. The van der Waals surface area contributed by atoms with E-state index < -0.39 is 5.97 Å². The molecular formula is C12H18N2O2S. The maximum Gasteiger partial charge on any atom is 0.347 e. The van der Waals surface area contributed by atoms with E-state index in [-0.39, 0.29) is 0 Å². The Kier molecular flexibility index (Phi) is 3.79. The van der Waals surface area contributed by atoms with Crippen LogP contribution in [0.25, 0.3) is 0 Å². The average molecular weight is 254 g/mol. The van der Waals surface area contributed by atoms with Gasteiger partial charge in [0.25, 0.3) is 0 Å². The summed E-state index contributed by atoms with van der Waals surface area (Å²) < 4.78 is 0. The molecule has 0 aromatic carbocycles. The molecule has 1 saturated heterocycles. The van der Waals surface area contributed by atoms with Crippen LogP contribution in [0.5, 0.6) is 0 Å². The molecule has 0 saturated carbocycles. The molecule has 1 fully saturated rings. The van der Waals surface area contributed by atoms with Gasteiger partial charge in [0, 0.05) is 12.5 Å². The molecule has 0 aliphatic carbocycles. The second-order valence-electron chi connectivity index (χ2n) is 4.50. The summed E-state index contributed by atoms with van der Waals surface area (Å²) in [4.78, 5) is 18.2. The molecule has 1 aliphatic rings. The van der Waals surface area contributed by atoms with Crippen molar-refractivity contribution in [2.24, 2.45) is 0 Å². The molecule has 2 rings (SSSR count). The topological polar surface area (TPSA) is 53.4 Å². The first-order valence-electron chi connectivity index (χ1n) is 6.04. The molecular weight excluding hydrogens is 236 g/mol. The standard InChI is InChI=1S/C12H18N2O2S/c1-3-14-6-4-5-9(7-14)11-13-8(2)10(17-11)12(15)16/h9H,3-7H2,1-2H3,(H,15,16). The number of hydrogen-bond donors (Lipinski definition) is 1. The minimum absolute atomic E-state index is 0.397. The van der Waals surface area contributed by atoms with Gasteiger partial charge in [-0.2, -0.15) is 0 Å². The van der Waals surface area contributed by atoms with Crippen LogP contribution in [0.15, 0.2) is 0 Å². The van der Waals surface area contributed by atoms with Crippen LogP contribution in [-0.2, 0) is 0 Å². The van der Waals surface area contributed by atoms with Crippen molar-refractivity contribution < 1.29 is 9.90 Å². The molecule has 1 aliphatic heterocycles. The van der Waals surface area contributed by atoms with E-state index in [2.05, 4.69) is 16.8 Å². The Morgan fingerprint density at radius 3 is 3.00 bits per heavy atom. The van der Waals surface area contributed by atoms with Crippen molar-refractivity contribution in [3.8, 4) is 0 Å². The Labute approximate surface area is 105 Å². The Hall–Kier alpha value is -0.940. The van der Waals surface area contributed by atoms with E-state index >= 15 is 0 Å². The molecule has 94 valence electrons. The van der Waals surface area contributed by atoms with Gasteiger partial charge >= 0.3 is 5.97 Å². The Balaban J connectivity index is 2.16. The summed E-state index contributed by atoms with van der Waals surface area (Å²) in [5, 5.41) is 10.0. The highest BCUT2D eigenvalue weighted by Crippen LogP contribution is 2.31. The van der Waals surface area contributed by atoms with Gasteiger partial charge in [-0.05, 0) is 32.9 Å². The molecule has 0 spiro atoms. The average Bonchev–Trinajstić information content (AvgIpc) is 2.71. The van der Waals surface area contributed by atoms with Gasteiger partial charge in [-0.25, -0.2) is 9.78 Å². The monoisotopic (exact) mass is 254 g/mol. The van der Waals surface area contributed by atoms with Crippen molar-refractivity contribution in [1.29, 1.82) is 0 Å². The largest absolute Gasteiger partial charge is 0.477 e. The van der Waals surface area contributed by atoms with Crippen LogP contribution in [0, 0.1) is 6.92 Å². The number of likely N-dealkylation sites (N-methyl/N-ethyl adjacent to an activating group) is 1. The van der Waals surface area contributed by atoms with Crippen molar-refractivity contribution in [1.82, 2.24) is 9.88 Å². The third-order valence-corrected chi connectivity index (χ3v) is 4.62. The van der Waals surface area contributed by atoms with Crippen molar-refractivity contribution >= 4 is 17.3 Å². The number of thiazole rings is 1. The molecule has 1 aromatic rings. The summed E-state index contributed by atoms with van der Waals surface area (Å²) in [6.07, 6.45) is 2.31. The molecule has 4 nitrogen and oxygen atoms in total. The highest BCUT2D eigenvalue weighted by atomic mass is 32.1. The SMILES string of the molecule is CCN1CCCC(c2nc(C)c(C(=O)O)s2)C1. The molecule has 2 heterocycles. The first kappa shape index (κ1) is 12.5. The molecule has 1 N–H and O–H groups in total. The second-order valence-corrected chi connectivity index (χ2v) is 5.53. The third kappa shape index (κ3) is 2.66. The Morgan fingerprint density at radius 2 is 2.41 bits per heavy atom. The van der Waals surface area contributed by atoms with Crippen molar-refractivity contribution in [2.75, 3.05) is 19.6 Å². The first-order chi connectivity index (χ1) is 8.11. The number of rotatable bonds is 3. The highest BCUT2D eigenvalue weighted by molar-refractivity contribution is 7.13. The van der Waals surface area contributed by atoms with E-state index in [0.717, 1.165) is 31.1 Å². The third-order valence-electron chi connectivity index (χ3n) is 3.31. The van der Waals surface area contributed by atoms with E-state index in [9.17, 15) is 4.79 Å². The highest BCUT2D eigenvalue weighted by Gasteiger charge is 2.25. The lowest BCUT2D eigenvalue weighted by Gasteiger charge is -2.30. The lowest BCUT2D eigenvalue weighted by Crippen LogP contribution is -2.34. The van der Waals surface area contributed by atoms with Crippen molar-refractivity contribution in [2.45, 2.75) is 32.6 Å². The summed E-state index contributed by atoms with van der Waals surface area (Å²) in [5.74, 6) is -0.435. The fourth-order valence-corrected chi connectivity index (χ4v) is 3.37. The molecule has 1 unspecified atom stereocenters. The molecule has 0 bridgehead atoms. The minimum atomic E-state index is -0.852. The van der Waals surface area contributed by atoms with Gasteiger partial charge in [0.05, 0.1) is 10.7 Å². The number of nitrogens with zero attached hydrogens (tertiary/aromatic N) is 2. The number of carbonyl (C=O) groups is 1. The lowest BCUT2D eigenvalue weighted by atomic mass is 9.99. The maximum atomic E-state index is 11.0. The summed E-state index contributed by atoms with van der Waals surface area (Å²) in [5.41, 5.74) is 0.658. The summed E-state index contributed by atoms with van der Waals surface area (Å²) >= 11 is 1.35. The number of carboxylic acid groups (broad SMARTS) is 1. The fraction of sp³-hybridized carbons (Fsp3) is 0.667. The molecule has 17 heavy (non-hydrogen) atoms. The Bertz CT molecular complexity index is 417. The number of piperidine rings is 1. The van der Waals surface area contributed by atoms with Crippen LogP contribution < -0.4 is 0 Å². The number of aromatic carboxylic acids is 1. The van der Waals surface area contributed by atoms with Gasteiger partial charge < -0.3 is 10.0 Å². The van der Waals surface area contributed by atoms with Crippen LogP contribution in [-0.4, -0.2) is 40.6 Å². The molecule has 1 aromatic heterocycles. The van der Waals surface area contributed by atoms with Crippen LogP contribution in [0.2, 0.25) is 0 Å². The van der Waals surface area contributed by atoms with Gasteiger partial charge in [0.15, 0.2) is 0 Å². The zero-order valence-electron chi connectivity index (χ0n) is 10.3. The normalized spacial score (nSPS) is 21.6. The Morgan fingerprint density at radius 1 is 1.65 bits per heavy atom. The number of aromatic nitrogens is 1. The van der Waals surface area contributed by atoms with Crippen molar-refractivity contribution in [3.05, 3.63) is 15.6 Å². The van der Waals surface area contributed by atoms with E-state index in [1.165, 1.54) is 17.8 Å². The molecule has 1 atom stereocenters. The van der Waals surface area contributed by atoms with E-state index in [4.69, 9.17) is 5.11 Å². The lowest BCUT2D eigenvalue weighted by molar-refractivity contribution is 0.0701. The smallest absolute Gasteiger partial charge is 0.347 e. The van der Waals surface area contributed by atoms with E-state index in [1.54, 1.807) is 6.92 Å². The van der Waals surface area contributed by atoms with Gasteiger partial charge in [-0.15, -0.1) is 11.3 Å².